The van der Waals surface area contributed by atoms with E-state index in [-0.39, 0.29) is 23.9 Å². The number of halogens is 2. The molecular weight excluding hydrogens is 500 g/mol. The first-order valence-electron chi connectivity index (χ1n) is 13.6. The van der Waals surface area contributed by atoms with Crippen LogP contribution >= 0.6 is 0 Å². The van der Waals surface area contributed by atoms with E-state index < -0.39 is 6.17 Å². The summed E-state index contributed by atoms with van der Waals surface area (Å²) < 4.78 is 34.9. The lowest BCUT2D eigenvalue weighted by atomic mass is 9.95. The molecule has 202 valence electrons. The van der Waals surface area contributed by atoms with Gasteiger partial charge < -0.3 is 9.64 Å². The van der Waals surface area contributed by atoms with Crippen molar-refractivity contribution in [3.63, 3.8) is 0 Å². The molecule has 0 aliphatic carbocycles. The minimum Gasteiger partial charge on any atom is -0.461 e. The summed E-state index contributed by atoms with van der Waals surface area (Å²) in [6.07, 6.45) is 7.37. The summed E-state index contributed by atoms with van der Waals surface area (Å²) >= 11 is 0. The molecule has 2 fully saturated rings. The molecule has 0 spiro atoms. The van der Waals surface area contributed by atoms with E-state index in [9.17, 15) is 8.78 Å². The fourth-order valence-electron chi connectivity index (χ4n) is 6.62. The van der Waals surface area contributed by atoms with E-state index in [1.807, 2.05) is 17.2 Å². The molecule has 1 N–H and O–H groups in total. The van der Waals surface area contributed by atoms with Crippen LogP contribution in [0.15, 0.2) is 36.4 Å². The van der Waals surface area contributed by atoms with E-state index in [2.05, 4.69) is 35.0 Å². The summed E-state index contributed by atoms with van der Waals surface area (Å²) in [5.74, 6) is 0.417. The predicted molar refractivity (Wildman–Crippen MR) is 146 cm³/mol. The van der Waals surface area contributed by atoms with Gasteiger partial charge in [-0.3, -0.25) is 15.0 Å². The van der Waals surface area contributed by atoms with Crippen molar-refractivity contribution in [1.82, 2.24) is 30.0 Å². The summed E-state index contributed by atoms with van der Waals surface area (Å²) in [6, 6.07) is 4.26. The molecule has 2 unspecified atom stereocenters. The number of benzene rings is 1. The van der Waals surface area contributed by atoms with Crippen molar-refractivity contribution in [2.75, 3.05) is 37.7 Å². The first-order valence-corrected chi connectivity index (χ1v) is 13.6. The molecule has 39 heavy (non-hydrogen) atoms. The van der Waals surface area contributed by atoms with Gasteiger partial charge in [-0.25, -0.2) is 8.78 Å². The number of hydrogen-bond donors (Lipinski definition) is 1. The number of rotatable bonds is 5. The Labute approximate surface area is 225 Å². The van der Waals surface area contributed by atoms with Crippen LogP contribution in [-0.2, 0) is 0 Å². The largest absolute Gasteiger partial charge is 0.461 e. The number of hydrogen-bond acceptors (Lipinski definition) is 7. The Morgan fingerprint density at radius 3 is 2.92 bits per heavy atom. The van der Waals surface area contributed by atoms with Gasteiger partial charge in [-0.2, -0.15) is 15.1 Å². The van der Waals surface area contributed by atoms with Crippen LogP contribution in [0.4, 0.5) is 14.6 Å². The number of aromatic amines is 1. The molecule has 3 aliphatic heterocycles. The minimum absolute atomic E-state index is 0.140. The second-order valence-corrected chi connectivity index (χ2v) is 11.2. The molecule has 0 saturated carbocycles. The van der Waals surface area contributed by atoms with E-state index in [4.69, 9.17) is 19.7 Å². The zero-order valence-electron chi connectivity index (χ0n) is 22.2. The Morgan fingerprint density at radius 2 is 2.05 bits per heavy atom. The van der Waals surface area contributed by atoms with Crippen molar-refractivity contribution in [3.8, 4) is 17.3 Å². The van der Waals surface area contributed by atoms with Crippen LogP contribution in [0.5, 0.6) is 6.01 Å². The van der Waals surface area contributed by atoms with Gasteiger partial charge in [-0.05, 0) is 69.0 Å². The van der Waals surface area contributed by atoms with Crippen molar-refractivity contribution in [2.45, 2.75) is 51.2 Å². The number of aryl methyl sites for hydroxylation is 1. The van der Waals surface area contributed by atoms with Crippen LogP contribution in [0.2, 0.25) is 0 Å². The van der Waals surface area contributed by atoms with Crippen LogP contribution in [-0.4, -0.2) is 74.5 Å². The van der Waals surface area contributed by atoms with Gasteiger partial charge in [0.1, 0.15) is 24.4 Å². The van der Waals surface area contributed by atoms with Crippen molar-refractivity contribution in [1.29, 1.82) is 0 Å². The van der Waals surface area contributed by atoms with E-state index in [0.29, 0.717) is 43.9 Å². The average molecular weight is 532 g/mol. The monoisotopic (exact) mass is 531 g/mol. The number of fused-ring (bicyclic) bond motifs is 3. The van der Waals surface area contributed by atoms with Gasteiger partial charge in [-0.15, -0.1) is 0 Å². The maximum absolute atomic E-state index is 14.3. The maximum Gasteiger partial charge on any atom is 0.319 e. The fourth-order valence-corrected chi connectivity index (χ4v) is 6.62. The molecule has 10 heteroatoms. The Bertz CT molecular complexity index is 1620. The van der Waals surface area contributed by atoms with Gasteiger partial charge in [0, 0.05) is 36.7 Å². The number of H-pyrrole nitrogens is 1. The first kappa shape index (κ1) is 24.4. The van der Waals surface area contributed by atoms with Crippen molar-refractivity contribution < 1.29 is 13.5 Å². The lowest BCUT2D eigenvalue weighted by molar-refractivity contribution is 0.107. The third-order valence-corrected chi connectivity index (χ3v) is 8.70. The Kier molecular flexibility index (Phi) is 5.77. The van der Waals surface area contributed by atoms with Crippen LogP contribution < -0.4 is 9.64 Å². The summed E-state index contributed by atoms with van der Waals surface area (Å²) in [5, 5.41) is 9.03. The Morgan fingerprint density at radius 1 is 1.15 bits per heavy atom. The van der Waals surface area contributed by atoms with Crippen LogP contribution in [0.3, 0.4) is 0 Å². The number of pyridine rings is 1. The van der Waals surface area contributed by atoms with Crippen molar-refractivity contribution in [2.24, 2.45) is 0 Å². The van der Waals surface area contributed by atoms with E-state index in [1.54, 1.807) is 12.3 Å². The zero-order valence-corrected chi connectivity index (χ0v) is 22.2. The average Bonchev–Trinajstić information content (AvgIpc) is 3.61. The Hall–Kier alpha value is -3.66. The van der Waals surface area contributed by atoms with Crippen LogP contribution in [0, 0.1) is 13.8 Å². The summed E-state index contributed by atoms with van der Waals surface area (Å²) in [4.78, 5) is 18.5. The lowest BCUT2D eigenvalue weighted by Crippen LogP contribution is -2.43. The second-order valence-electron chi connectivity index (χ2n) is 11.2. The van der Waals surface area contributed by atoms with Crippen LogP contribution in [0.1, 0.15) is 36.8 Å². The molecule has 3 aromatic heterocycles. The van der Waals surface area contributed by atoms with Gasteiger partial charge in [0.2, 0.25) is 0 Å². The highest BCUT2D eigenvalue weighted by Crippen LogP contribution is 2.41. The number of alkyl halides is 1. The van der Waals surface area contributed by atoms with Gasteiger partial charge in [0.15, 0.2) is 0 Å². The topological polar surface area (TPSA) is 83.1 Å². The highest BCUT2D eigenvalue weighted by Gasteiger charge is 2.49. The molecule has 4 aromatic rings. The number of aromatic nitrogens is 5. The molecule has 1 aromatic carbocycles. The van der Waals surface area contributed by atoms with Crippen LogP contribution in [0.25, 0.3) is 33.1 Å². The molecule has 6 heterocycles. The molecule has 0 radical (unpaired) electrons. The quantitative estimate of drug-likeness (QED) is 0.379. The number of anilines is 1. The molecular formula is C29H31F2N7O. The smallest absolute Gasteiger partial charge is 0.319 e. The predicted octanol–water partition coefficient (Wildman–Crippen LogP) is 5.20. The second kappa shape index (κ2) is 9.22. The summed E-state index contributed by atoms with van der Waals surface area (Å²) in [7, 11) is 0. The molecule has 7 rings (SSSR count). The highest BCUT2D eigenvalue weighted by atomic mass is 19.1. The first-order chi connectivity index (χ1) is 18.9. The fraction of sp³-hybridized carbons (Fsp3) is 0.448. The summed E-state index contributed by atoms with van der Waals surface area (Å²) in [6.45, 7) is 6.60. The molecule has 3 aliphatic rings. The van der Waals surface area contributed by atoms with Gasteiger partial charge in [-0.1, -0.05) is 0 Å². The standard InChI is InChI=1S/C29H31F2N7O/c1-17-9-24-21(13-33-36-24)26(18(17)2)25-10-23-22(12-32-25)27(37-7-3-5-19(30)14-37)35-28(34-23)39-16-29-6-4-8-38(29)15-20(31)11-29/h5,9-10,12-13,20H,3-4,6-8,11,14-16H2,1-2H3,(H,33,36). The van der Waals surface area contributed by atoms with Gasteiger partial charge in [0.25, 0.3) is 0 Å². The number of nitrogens with one attached hydrogen (secondary N) is 1. The molecule has 0 amide bonds. The summed E-state index contributed by atoms with van der Waals surface area (Å²) in [5.41, 5.74) is 5.32. The zero-order chi connectivity index (χ0) is 26.7. The normalized spacial score (nSPS) is 23.5. The minimum atomic E-state index is -0.837. The van der Waals surface area contributed by atoms with E-state index in [1.165, 1.54) is 0 Å². The van der Waals surface area contributed by atoms with E-state index in [0.717, 1.165) is 58.1 Å². The lowest BCUT2D eigenvalue weighted by Gasteiger charge is -2.31. The number of ether oxygens (including phenoxy) is 1. The molecule has 0 bridgehead atoms. The van der Waals surface area contributed by atoms with Crippen molar-refractivity contribution >= 4 is 27.6 Å². The molecule has 8 nitrogen and oxygen atoms in total. The number of nitrogens with zero attached hydrogens (tertiary/aromatic N) is 6. The third-order valence-electron chi connectivity index (χ3n) is 8.70. The SMILES string of the molecule is Cc1cc2[nH]ncc2c(-c2cc3nc(OCC45CCCN4CC(F)C5)nc(N4CCC=C(F)C4)c3cn2)c1C. The molecule has 2 atom stereocenters. The van der Waals surface area contributed by atoms with Gasteiger partial charge in [0.05, 0.1) is 40.4 Å². The van der Waals surface area contributed by atoms with Gasteiger partial charge >= 0.3 is 6.01 Å². The highest BCUT2D eigenvalue weighted by molar-refractivity contribution is 5.99. The third kappa shape index (κ3) is 4.12. The Balaban J connectivity index is 1.32. The van der Waals surface area contributed by atoms with Crippen molar-refractivity contribution in [3.05, 3.63) is 47.6 Å². The maximum atomic E-state index is 14.3. The molecule has 2 saturated heterocycles. The van der Waals surface area contributed by atoms with E-state index >= 15 is 0 Å².